The smallest absolute Gasteiger partial charge is 0.356 e. The van der Waals surface area contributed by atoms with E-state index in [0.29, 0.717) is 36.0 Å². The topological polar surface area (TPSA) is 52.6 Å². The predicted molar refractivity (Wildman–Crippen MR) is 108 cm³/mol. The zero-order valence-electron chi connectivity index (χ0n) is 14.8. The summed E-state index contributed by atoms with van der Waals surface area (Å²) >= 11 is 1.04. The minimum atomic E-state index is -4.37. The summed E-state index contributed by atoms with van der Waals surface area (Å²) in [6, 6.07) is 1.70. The molecule has 5 nitrogen and oxygen atoms in total. The minimum Gasteiger partial charge on any atom is -0.356 e. The van der Waals surface area contributed by atoms with Crippen molar-refractivity contribution in [1.82, 2.24) is 20.5 Å². The van der Waals surface area contributed by atoms with Gasteiger partial charge in [0.25, 0.3) is 0 Å². The van der Waals surface area contributed by atoms with E-state index < -0.39 is 11.9 Å². The van der Waals surface area contributed by atoms with E-state index in [0.717, 1.165) is 35.7 Å². The minimum absolute atomic E-state index is 0. The van der Waals surface area contributed by atoms with Crippen molar-refractivity contribution >= 4 is 41.3 Å². The van der Waals surface area contributed by atoms with E-state index in [1.54, 1.807) is 7.05 Å². The van der Waals surface area contributed by atoms with E-state index >= 15 is 0 Å². The van der Waals surface area contributed by atoms with Gasteiger partial charge in [0, 0.05) is 50.1 Å². The summed E-state index contributed by atoms with van der Waals surface area (Å²) in [6.07, 6.45) is -0.239. The first kappa shape index (κ1) is 21.7. The van der Waals surface area contributed by atoms with Gasteiger partial charge in [-0.25, -0.2) is 4.98 Å². The van der Waals surface area contributed by atoms with Crippen LogP contribution in [0.2, 0.25) is 0 Å². The van der Waals surface area contributed by atoms with E-state index in [4.69, 9.17) is 0 Å². The Labute approximate surface area is 172 Å². The second-order valence-electron chi connectivity index (χ2n) is 6.73. The molecule has 1 aliphatic heterocycles. The van der Waals surface area contributed by atoms with Gasteiger partial charge in [0.2, 0.25) is 0 Å². The van der Waals surface area contributed by atoms with Gasteiger partial charge in [-0.3, -0.25) is 9.89 Å². The maximum absolute atomic E-state index is 12.6. The fraction of sp³-hybridized carbons (Fsp3) is 0.750. The van der Waals surface area contributed by atoms with Crippen molar-refractivity contribution in [2.45, 2.75) is 56.9 Å². The Hall–Kier alpha value is -0.620. The Morgan fingerprint density at radius 2 is 2.15 bits per heavy atom. The average Bonchev–Trinajstić information content (AvgIpc) is 3.15. The molecule has 0 spiro atoms. The number of halogens is 4. The van der Waals surface area contributed by atoms with E-state index in [1.807, 2.05) is 0 Å². The highest BCUT2D eigenvalue weighted by Crippen LogP contribution is 2.33. The van der Waals surface area contributed by atoms with Gasteiger partial charge < -0.3 is 10.6 Å². The lowest BCUT2D eigenvalue weighted by atomic mass is 10.2. The lowest BCUT2D eigenvalue weighted by molar-refractivity contribution is -0.140. The molecule has 0 bridgehead atoms. The number of thiazole rings is 1. The van der Waals surface area contributed by atoms with E-state index in [1.165, 1.54) is 12.8 Å². The van der Waals surface area contributed by atoms with Crippen LogP contribution < -0.4 is 10.6 Å². The molecule has 2 aliphatic rings. The molecule has 2 unspecified atom stereocenters. The number of likely N-dealkylation sites (tertiary alicyclic amines) is 1. The molecular weight excluding hydrogens is 478 g/mol. The molecule has 26 heavy (non-hydrogen) atoms. The third kappa shape index (κ3) is 5.69. The fourth-order valence-electron chi connectivity index (χ4n) is 3.31. The number of rotatable bonds is 5. The van der Waals surface area contributed by atoms with Crippen molar-refractivity contribution in [2.24, 2.45) is 4.99 Å². The van der Waals surface area contributed by atoms with Crippen molar-refractivity contribution in [3.8, 4) is 0 Å². The van der Waals surface area contributed by atoms with Crippen LogP contribution in [0.3, 0.4) is 0 Å². The molecule has 2 heterocycles. The summed E-state index contributed by atoms with van der Waals surface area (Å²) in [4.78, 5) is 10.4. The maximum atomic E-state index is 12.6. The van der Waals surface area contributed by atoms with Crippen LogP contribution in [-0.4, -0.2) is 54.1 Å². The standard InChI is InChI=1S/C16H24F3N5S.HI/c1-10-7-11(8-24(10)12-3-4-12)22-15(20-2)21-6-5-14-23-13(9-25-14)16(17,18)19;/h9-12H,3-8H2,1-2H3,(H2,20,21,22);1H. The van der Waals surface area contributed by atoms with E-state index in [-0.39, 0.29) is 24.0 Å². The van der Waals surface area contributed by atoms with Gasteiger partial charge in [-0.2, -0.15) is 13.2 Å². The third-order valence-electron chi connectivity index (χ3n) is 4.68. The largest absolute Gasteiger partial charge is 0.434 e. The number of aromatic nitrogens is 1. The summed E-state index contributed by atoms with van der Waals surface area (Å²) in [7, 11) is 1.71. The molecule has 0 aromatic carbocycles. The van der Waals surface area contributed by atoms with Gasteiger partial charge in [-0.05, 0) is 26.2 Å². The first-order chi connectivity index (χ1) is 11.9. The first-order valence-electron chi connectivity index (χ1n) is 8.61. The Kier molecular flexibility index (Phi) is 7.54. The monoisotopic (exact) mass is 503 g/mol. The summed E-state index contributed by atoms with van der Waals surface area (Å²) in [6.45, 7) is 3.78. The van der Waals surface area contributed by atoms with Gasteiger partial charge >= 0.3 is 6.18 Å². The van der Waals surface area contributed by atoms with Gasteiger partial charge in [0.15, 0.2) is 11.7 Å². The molecular formula is C16H25F3IN5S. The van der Waals surface area contributed by atoms with E-state index in [2.05, 4.69) is 32.4 Å². The predicted octanol–water partition coefficient (Wildman–Crippen LogP) is 3.11. The first-order valence-corrected chi connectivity index (χ1v) is 9.49. The van der Waals surface area contributed by atoms with Crippen LogP contribution in [0.1, 0.15) is 36.9 Å². The summed E-state index contributed by atoms with van der Waals surface area (Å²) in [5.41, 5.74) is -0.810. The number of alkyl halides is 3. The molecule has 148 valence electrons. The van der Waals surface area contributed by atoms with Crippen LogP contribution in [0.5, 0.6) is 0 Å². The molecule has 1 aromatic heterocycles. The van der Waals surface area contributed by atoms with Crippen molar-refractivity contribution in [2.75, 3.05) is 20.1 Å². The number of aliphatic imine (C=N–C) groups is 1. The second-order valence-corrected chi connectivity index (χ2v) is 7.67. The molecule has 1 aromatic rings. The van der Waals surface area contributed by atoms with Crippen LogP contribution >= 0.6 is 35.3 Å². The van der Waals surface area contributed by atoms with Gasteiger partial charge in [-0.15, -0.1) is 35.3 Å². The average molecular weight is 503 g/mol. The van der Waals surface area contributed by atoms with Crippen LogP contribution in [0.4, 0.5) is 13.2 Å². The van der Waals surface area contributed by atoms with E-state index in [9.17, 15) is 13.2 Å². The molecule has 1 saturated heterocycles. The molecule has 2 N–H and O–H groups in total. The Morgan fingerprint density at radius 3 is 2.73 bits per heavy atom. The maximum Gasteiger partial charge on any atom is 0.434 e. The summed E-state index contributed by atoms with van der Waals surface area (Å²) in [5, 5.41) is 8.14. The lowest BCUT2D eigenvalue weighted by Crippen LogP contribution is -2.45. The highest BCUT2D eigenvalue weighted by molar-refractivity contribution is 14.0. The Morgan fingerprint density at radius 1 is 1.42 bits per heavy atom. The SMILES string of the molecule is CN=C(NCCc1nc(C(F)(F)F)cs1)NC1CC(C)N(C2CC2)C1.I. The Balaban J connectivity index is 0.00000243. The van der Waals surface area contributed by atoms with Crippen molar-refractivity contribution in [3.05, 3.63) is 16.1 Å². The molecule has 1 aliphatic carbocycles. The van der Waals surface area contributed by atoms with Gasteiger partial charge in [0.05, 0.1) is 5.01 Å². The molecule has 1 saturated carbocycles. The Bertz CT molecular complexity index is 617. The number of hydrogen-bond donors (Lipinski definition) is 2. The van der Waals surface area contributed by atoms with Crippen LogP contribution in [-0.2, 0) is 12.6 Å². The number of nitrogens with one attached hydrogen (secondary N) is 2. The number of guanidine groups is 1. The fourth-order valence-corrected chi connectivity index (χ4v) is 4.11. The molecule has 10 heteroatoms. The van der Waals surface area contributed by atoms with Gasteiger partial charge in [-0.1, -0.05) is 0 Å². The molecule has 2 atom stereocenters. The normalized spacial score (nSPS) is 24.4. The highest BCUT2D eigenvalue weighted by atomic mass is 127. The van der Waals surface area contributed by atoms with Crippen LogP contribution in [0, 0.1) is 0 Å². The zero-order valence-corrected chi connectivity index (χ0v) is 18.0. The summed E-state index contributed by atoms with van der Waals surface area (Å²) < 4.78 is 37.7. The van der Waals surface area contributed by atoms with Crippen LogP contribution in [0.25, 0.3) is 0 Å². The van der Waals surface area contributed by atoms with Crippen molar-refractivity contribution in [1.29, 1.82) is 0 Å². The molecule has 0 amide bonds. The van der Waals surface area contributed by atoms with Crippen molar-refractivity contribution < 1.29 is 13.2 Å². The number of nitrogens with zero attached hydrogens (tertiary/aromatic N) is 3. The van der Waals surface area contributed by atoms with Crippen LogP contribution in [0.15, 0.2) is 10.4 Å². The molecule has 0 radical (unpaired) electrons. The highest BCUT2D eigenvalue weighted by Gasteiger charge is 2.39. The lowest BCUT2D eigenvalue weighted by Gasteiger charge is -2.20. The van der Waals surface area contributed by atoms with Gasteiger partial charge in [0.1, 0.15) is 0 Å². The zero-order chi connectivity index (χ0) is 18.0. The molecule has 2 fully saturated rings. The summed E-state index contributed by atoms with van der Waals surface area (Å²) in [5.74, 6) is 0.697. The van der Waals surface area contributed by atoms with Crippen molar-refractivity contribution in [3.63, 3.8) is 0 Å². The molecule has 3 rings (SSSR count). The second kappa shape index (κ2) is 9.05. The third-order valence-corrected chi connectivity index (χ3v) is 5.59. The number of hydrogen-bond acceptors (Lipinski definition) is 4. The quantitative estimate of drug-likeness (QED) is 0.369.